The Morgan fingerprint density at radius 2 is 1.69 bits per heavy atom. The van der Waals surface area contributed by atoms with Crippen LogP contribution in [0, 0.1) is 11.3 Å². The van der Waals surface area contributed by atoms with E-state index < -0.39 is 10.0 Å². The molecule has 35 heavy (non-hydrogen) atoms. The highest BCUT2D eigenvalue weighted by atomic mass is 32.2. The predicted octanol–water partition coefficient (Wildman–Crippen LogP) is 4.55. The number of aromatic nitrogens is 2. The molecule has 0 aliphatic heterocycles. The van der Waals surface area contributed by atoms with Crippen LogP contribution in [-0.2, 0) is 14.8 Å². The van der Waals surface area contributed by atoms with E-state index >= 15 is 0 Å². The molecular weight excluding hydrogens is 482 g/mol. The van der Waals surface area contributed by atoms with Gasteiger partial charge < -0.3 is 5.32 Å². The lowest BCUT2D eigenvalue weighted by atomic mass is 10.1. The lowest BCUT2D eigenvalue weighted by Gasteiger charge is -2.09. The number of rotatable bonds is 8. The van der Waals surface area contributed by atoms with Gasteiger partial charge >= 0.3 is 0 Å². The molecule has 174 valence electrons. The zero-order valence-electron chi connectivity index (χ0n) is 18.3. The summed E-state index contributed by atoms with van der Waals surface area (Å²) in [6.07, 6.45) is 1.49. The average molecular weight is 502 g/mol. The molecule has 0 unspecified atom stereocenters. The summed E-state index contributed by atoms with van der Waals surface area (Å²) < 4.78 is 27.4. The topological polar surface area (TPSA) is 125 Å². The van der Waals surface area contributed by atoms with Gasteiger partial charge in [0.05, 0.1) is 21.9 Å². The molecule has 0 aliphatic rings. The van der Waals surface area contributed by atoms with E-state index in [2.05, 4.69) is 26.1 Å². The molecular formula is C25H19N5O3S2. The Bertz CT molecular complexity index is 1470. The van der Waals surface area contributed by atoms with Gasteiger partial charge in [0.1, 0.15) is 16.9 Å². The third kappa shape index (κ3) is 6.23. The van der Waals surface area contributed by atoms with Crippen LogP contribution in [0.15, 0.2) is 101 Å². The van der Waals surface area contributed by atoms with Crippen LogP contribution in [0.5, 0.6) is 0 Å². The number of carbonyl (C=O) groups excluding carboxylic acids is 1. The van der Waals surface area contributed by atoms with Crippen LogP contribution < -0.4 is 10.0 Å². The predicted molar refractivity (Wildman–Crippen MR) is 135 cm³/mol. The molecule has 2 aromatic heterocycles. The molecule has 4 aromatic rings. The SMILES string of the molecule is N#Cc1ccc(-c2ccccc2)nc1SCC(=O)Nc1ccc(S(=O)(=O)Nc2ccccn2)cc1. The molecule has 0 saturated carbocycles. The fraction of sp³-hybridized carbons (Fsp3) is 0.0400. The Kier molecular flexibility index (Phi) is 7.40. The Hall–Kier alpha value is -4.20. The molecule has 0 saturated heterocycles. The number of nitrogens with zero attached hydrogens (tertiary/aromatic N) is 3. The number of nitriles is 1. The van der Waals surface area contributed by atoms with Crippen molar-refractivity contribution < 1.29 is 13.2 Å². The van der Waals surface area contributed by atoms with Gasteiger partial charge in [-0.2, -0.15) is 5.26 Å². The second-order valence-electron chi connectivity index (χ2n) is 7.21. The monoisotopic (exact) mass is 501 g/mol. The van der Waals surface area contributed by atoms with Gasteiger partial charge in [-0.25, -0.2) is 18.4 Å². The van der Waals surface area contributed by atoms with Gasteiger partial charge in [0.15, 0.2) is 0 Å². The van der Waals surface area contributed by atoms with Gasteiger partial charge in [-0.05, 0) is 48.5 Å². The molecule has 2 heterocycles. The molecule has 8 nitrogen and oxygen atoms in total. The molecule has 0 fully saturated rings. The lowest BCUT2D eigenvalue weighted by Crippen LogP contribution is -2.15. The van der Waals surface area contributed by atoms with Crippen LogP contribution in [0.2, 0.25) is 0 Å². The minimum atomic E-state index is -3.81. The molecule has 2 aromatic carbocycles. The zero-order chi connectivity index (χ0) is 24.7. The molecule has 4 rings (SSSR count). The quantitative estimate of drug-likeness (QED) is 0.339. The first-order valence-electron chi connectivity index (χ1n) is 10.4. The first-order chi connectivity index (χ1) is 16.9. The molecule has 0 radical (unpaired) electrons. The van der Waals surface area contributed by atoms with Gasteiger partial charge in [-0.3, -0.25) is 9.52 Å². The van der Waals surface area contributed by atoms with Crippen LogP contribution >= 0.6 is 11.8 Å². The Balaban J connectivity index is 1.39. The number of anilines is 2. The fourth-order valence-corrected chi connectivity index (χ4v) is 4.85. The van der Waals surface area contributed by atoms with Crippen molar-refractivity contribution in [3.8, 4) is 17.3 Å². The van der Waals surface area contributed by atoms with Gasteiger partial charge in [-0.15, -0.1) is 0 Å². The normalized spacial score (nSPS) is 10.8. The lowest BCUT2D eigenvalue weighted by molar-refractivity contribution is -0.113. The van der Waals surface area contributed by atoms with Crippen molar-refractivity contribution >= 4 is 39.2 Å². The summed E-state index contributed by atoms with van der Waals surface area (Å²) in [5.41, 5.74) is 2.45. The number of pyridine rings is 2. The molecule has 0 aliphatic carbocycles. The average Bonchev–Trinajstić information content (AvgIpc) is 2.88. The minimum Gasteiger partial charge on any atom is -0.325 e. The number of amides is 1. The summed E-state index contributed by atoms with van der Waals surface area (Å²) in [7, 11) is -3.81. The third-order valence-corrected chi connectivity index (χ3v) is 7.10. The van der Waals surface area contributed by atoms with Crippen LogP contribution in [-0.4, -0.2) is 30.0 Å². The molecule has 2 N–H and O–H groups in total. The van der Waals surface area contributed by atoms with Crippen molar-refractivity contribution in [3.05, 3.63) is 96.7 Å². The van der Waals surface area contributed by atoms with Crippen LogP contribution in [0.3, 0.4) is 0 Å². The van der Waals surface area contributed by atoms with E-state index in [1.807, 2.05) is 30.3 Å². The summed E-state index contributed by atoms with van der Waals surface area (Å²) in [4.78, 5) is 21.0. The summed E-state index contributed by atoms with van der Waals surface area (Å²) in [5, 5.41) is 12.6. The molecule has 10 heteroatoms. The van der Waals surface area contributed by atoms with E-state index in [9.17, 15) is 18.5 Å². The zero-order valence-corrected chi connectivity index (χ0v) is 19.9. The first kappa shape index (κ1) is 23.9. The molecule has 0 bridgehead atoms. The largest absolute Gasteiger partial charge is 0.325 e. The second-order valence-corrected chi connectivity index (χ2v) is 9.86. The van der Waals surface area contributed by atoms with Gasteiger partial charge in [0, 0.05) is 17.4 Å². The van der Waals surface area contributed by atoms with E-state index in [-0.39, 0.29) is 22.4 Å². The minimum absolute atomic E-state index is 0.0290. The molecule has 0 atom stereocenters. The maximum atomic E-state index is 12.5. The molecule has 0 spiro atoms. The maximum absolute atomic E-state index is 12.5. The number of sulfonamides is 1. The van der Waals surface area contributed by atoms with E-state index in [0.717, 1.165) is 17.3 Å². The number of hydrogen-bond acceptors (Lipinski definition) is 7. The van der Waals surface area contributed by atoms with E-state index in [1.165, 1.54) is 30.5 Å². The summed E-state index contributed by atoms with van der Waals surface area (Å²) in [6, 6.07) is 25.8. The maximum Gasteiger partial charge on any atom is 0.263 e. The van der Waals surface area contributed by atoms with Gasteiger partial charge in [0.25, 0.3) is 10.0 Å². The third-order valence-electron chi connectivity index (χ3n) is 4.74. The summed E-state index contributed by atoms with van der Waals surface area (Å²) in [5.74, 6) is -0.0714. The van der Waals surface area contributed by atoms with Crippen LogP contribution in [0.1, 0.15) is 5.56 Å². The van der Waals surface area contributed by atoms with Crippen molar-refractivity contribution in [1.29, 1.82) is 5.26 Å². The van der Waals surface area contributed by atoms with E-state index in [1.54, 1.807) is 30.3 Å². The highest BCUT2D eigenvalue weighted by Crippen LogP contribution is 2.25. The first-order valence-corrected chi connectivity index (χ1v) is 12.8. The number of benzene rings is 2. The van der Waals surface area contributed by atoms with Crippen LogP contribution in [0.25, 0.3) is 11.3 Å². The number of nitrogens with one attached hydrogen (secondary N) is 2. The Morgan fingerprint density at radius 3 is 2.37 bits per heavy atom. The number of hydrogen-bond donors (Lipinski definition) is 2. The van der Waals surface area contributed by atoms with Crippen molar-refractivity contribution in [1.82, 2.24) is 9.97 Å². The Morgan fingerprint density at radius 1 is 0.943 bits per heavy atom. The fourth-order valence-electron chi connectivity index (χ4n) is 3.07. The van der Waals surface area contributed by atoms with Crippen molar-refractivity contribution in [2.24, 2.45) is 0 Å². The van der Waals surface area contributed by atoms with E-state index in [0.29, 0.717) is 22.0 Å². The highest BCUT2D eigenvalue weighted by molar-refractivity contribution is 8.00. The summed E-state index contributed by atoms with van der Waals surface area (Å²) >= 11 is 1.16. The van der Waals surface area contributed by atoms with Crippen molar-refractivity contribution in [3.63, 3.8) is 0 Å². The standard InChI is InChI=1S/C25H19N5O3S2/c26-16-19-9-14-22(18-6-2-1-3-7-18)29-25(19)34-17-24(31)28-20-10-12-21(13-11-20)35(32,33)30-23-8-4-5-15-27-23/h1-15H,17H2,(H,27,30)(H,28,31). The molecule has 1 amide bonds. The highest BCUT2D eigenvalue weighted by Gasteiger charge is 2.15. The van der Waals surface area contributed by atoms with E-state index in [4.69, 9.17) is 0 Å². The smallest absolute Gasteiger partial charge is 0.263 e. The Labute approximate surface area is 207 Å². The number of carbonyl (C=O) groups is 1. The van der Waals surface area contributed by atoms with Crippen molar-refractivity contribution in [2.45, 2.75) is 9.92 Å². The second kappa shape index (κ2) is 10.8. The van der Waals surface area contributed by atoms with Gasteiger partial charge in [-0.1, -0.05) is 48.2 Å². The van der Waals surface area contributed by atoms with Crippen LogP contribution in [0.4, 0.5) is 11.5 Å². The summed E-state index contributed by atoms with van der Waals surface area (Å²) in [6.45, 7) is 0. The number of thioether (sulfide) groups is 1. The van der Waals surface area contributed by atoms with Crippen molar-refractivity contribution in [2.75, 3.05) is 15.8 Å². The van der Waals surface area contributed by atoms with Gasteiger partial charge in [0.2, 0.25) is 5.91 Å².